The van der Waals surface area contributed by atoms with E-state index < -0.39 is 10.5 Å². The molecule has 9 heteroatoms. The molecule has 0 aliphatic rings. The standard InChI is InChI=1S/C24H32N6O2S/c1-17(23(31)27-25-15-19-7-11-21(12-8-19)29(3)4)33-18(2)24(32)28-26-16-20-9-13-22(14-10-20)30(5)6/h7-18H,1-6H3,(H,27,31)(H,28,32)/b25-15+,26-16+/t17-,18-/m0/s1. The molecule has 0 aromatic heterocycles. The number of hydrogen-bond donors (Lipinski definition) is 2. The Morgan fingerprint density at radius 1 is 0.727 bits per heavy atom. The summed E-state index contributed by atoms with van der Waals surface area (Å²) in [5.41, 5.74) is 8.97. The molecule has 2 N–H and O–H groups in total. The van der Waals surface area contributed by atoms with Crippen molar-refractivity contribution in [3.05, 3.63) is 59.7 Å². The first-order valence-electron chi connectivity index (χ1n) is 10.5. The van der Waals surface area contributed by atoms with E-state index in [1.807, 2.05) is 86.5 Å². The maximum absolute atomic E-state index is 12.3. The monoisotopic (exact) mass is 468 g/mol. The molecule has 2 aromatic rings. The summed E-state index contributed by atoms with van der Waals surface area (Å²) in [7, 11) is 7.89. The minimum Gasteiger partial charge on any atom is -0.378 e. The fraction of sp³-hybridized carbons (Fsp3) is 0.333. The van der Waals surface area contributed by atoms with Crippen molar-refractivity contribution in [2.24, 2.45) is 10.2 Å². The van der Waals surface area contributed by atoms with Gasteiger partial charge in [-0.2, -0.15) is 10.2 Å². The number of carbonyl (C=O) groups excluding carboxylic acids is 2. The van der Waals surface area contributed by atoms with Crippen LogP contribution in [0.15, 0.2) is 58.7 Å². The van der Waals surface area contributed by atoms with E-state index in [0.717, 1.165) is 22.5 Å². The van der Waals surface area contributed by atoms with Crippen LogP contribution in [0.1, 0.15) is 25.0 Å². The lowest BCUT2D eigenvalue weighted by molar-refractivity contribution is -0.120. The van der Waals surface area contributed by atoms with Crippen molar-refractivity contribution in [1.29, 1.82) is 0 Å². The number of amides is 2. The Kier molecular flexibility index (Phi) is 9.93. The summed E-state index contributed by atoms with van der Waals surface area (Å²) < 4.78 is 0. The van der Waals surface area contributed by atoms with Crippen LogP contribution in [-0.2, 0) is 9.59 Å². The third kappa shape index (κ3) is 8.61. The van der Waals surface area contributed by atoms with Crippen LogP contribution >= 0.6 is 11.8 Å². The van der Waals surface area contributed by atoms with Crippen LogP contribution in [0, 0.1) is 0 Å². The lowest BCUT2D eigenvalue weighted by Gasteiger charge is -2.14. The summed E-state index contributed by atoms with van der Waals surface area (Å²) in [4.78, 5) is 28.6. The largest absolute Gasteiger partial charge is 0.378 e. The lowest BCUT2D eigenvalue weighted by Crippen LogP contribution is -2.33. The number of hydrazone groups is 2. The predicted octanol–water partition coefficient (Wildman–Crippen LogP) is 2.93. The Morgan fingerprint density at radius 2 is 1.06 bits per heavy atom. The van der Waals surface area contributed by atoms with Gasteiger partial charge < -0.3 is 9.80 Å². The van der Waals surface area contributed by atoms with E-state index >= 15 is 0 Å². The Morgan fingerprint density at radius 3 is 1.36 bits per heavy atom. The second-order valence-corrected chi connectivity index (χ2v) is 9.55. The SMILES string of the molecule is C[C@H](S[C@@H](C)C(=O)N/N=C/c1ccc(N(C)C)cc1)C(=O)N/N=C/c1ccc(N(C)C)cc1. The van der Waals surface area contributed by atoms with Crippen molar-refractivity contribution in [3.63, 3.8) is 0 Å². The van der Waals surface area contributed by atoms with Gasteiger partial charge in [0.2, 0.25) is 0 Å². The Bertz CT molecular complexity index is 892. The summed E-state index contributed by atoms with van der Waals surface area (Å²) in [6, 6.07) is 15.6. The Labute approximate surface area is 200 Å². The van der Waals surface area contributed by atoms with Gasteiger partial charge >= 0.3 is 0 Å². The highest BCUT2D eigenvalue weighted by Gasteiger charge is 2.21. The summed E-state index contributed by atoms with van der Waals surface area (Å²) in [5.74, 6) is -0.546. The molecule has 0 saturated carbocycles. The molecule has 2 amide bonds. The summed E-state index contributed by atoms with van der Waals surface area (Å²) in [6.07, 6.45) is 3.18. The van der Waals surface area contributed by atoms with E-state index in [9.17, 15) is 9.59 Å². The summed E-state index contributed by atoms with van der Waals surface area (Å²) >= 11 is 1.24. The van der Waals surface area contributed by atoms with Crippen LogP contribution in [0.4, 0.5) is 11.4 Å². The molecule has 0 aliphatic heterocycles. The van der Waals surface area contributed by atoms with E-state index in [0.29, 0.717) is 0 Å². The molecule has 0 spiro atoms. The molecule has 176 valence electrons. The van der Waals surface area contributed by atoms with Gasteiger partial charge in [0.1, 0.15) is 0 Å². The number of anilines is 2. The van der Waals surface area contributed by atoms with Crippen molar-refractivity contribution in [2.75, 3.05) is 38.0 Å². The van der Waals surface area contributed by atoms with E-state index in [1.54, 1.807) is 26.3 Å². The molecule has 2 aromatic carbocycles. The number of carbonyl (C=O) groups is 2. The van der Waals surface area contributed by atoms with Crippen LogP contribution in [0.5, 0.6) is 0 Å². The minimum atomic E-state index is -0.457. The smallest absolute Gasteiger partial charge is 0.252 e. The van der Waals surface area contributed by atoms with E-state index in [2.05, 4.69) is 21.1 Å². The molecule has 8 nitrogen and oxygen atoms in total. The first-order chi connectivity index (χ1) is 15.7. The molecular weight excluding hydrogens is 436 g/mol. The van der Waals surface area contributed by atoms with Crippen molar-refractivity contribution in [2.45, 2.75) is 24.3 Å². The minimum absolute atomic E-state index is 0.273. The Balaban J connectivity index is 1.77. The highest BCUT2D eigenvalue weighted by molar-refractivity contribution is 8.01. The van der Waals surface area contributed by atoms with Crippen molar-refractivity contribution in [1.82, 2.24) is 10.9 Å². The second-order valence-electron chi connectivity index (χ2n) is 7.86. The van der Waals surface area contributed by atoms with Crippen LogP contribution in [0.2, 0.25) is 0 Å². The third-order valence-corrected chi connectivity index (χ3v) is 5.99. The maximum atomic E-state index is 12.3. The van der Waals surface area contributed by atoms with E-state index in [1.165, 1.54) is 11.8 Å². The van der Waals surface area contributed by atoms with Gasteiger partial charge in [-0.3, -0.25) is 9.59 Å². The van der Waals surface area contributed by atoms with Gasteiger partial charge in [-0.25, -0.2) is 10.9 Å². The van der Waals surface area contributed by atoms with Crippen molar-refractivity contribution in [3.8, 4) is 0 Å². The average molecular weight is 469 g/mol. The van der Waals surface area contributed by atoms with Crippen LogP contribution < -0.4 is 20.7 Å². The molecule has 2 rings (SSSR count). The highest BCUT2D eigenvalue weighted by Crippen LogP contribution is 2.18. The van der Waals surface area contributed by atoms with Gasteiger partial charge in [0.15, 0.2) is 0 Å². The van der Waals surface area contributed by atoms with E-state index in [4.69, 9.17) is 0 Å². The molecule has 0 radical (unpaired) electrons. The molecule has 0 fully saturated rings. The van der Waals surface area contributed by atoms with Crippen LogP contribution in [0.3, 0.4) is 0 Å². The average Bonchev–Trinajstić information content (AvgIpc) is 2.79. The normalized spacial score (nSPS) is 13.0. The van der Waals surface area contributed by atoms with Gasteiger partial charge in [0.05, 0.1) is 22.9 Å². The van der Waals surface area contributed by atoms with Gasteiger partial charge in [0, 0.05) is 39.6 Å². The van der Waals surface area contributed by atoms with Crippen LogP contribution in [-0.4, -0.2) is 62.9 Å². The molecule has 0 saturated heterocycles. The number of benzene rings is 2. The van der Waals surface area contributed by atoms with Gasteiger partial charge in [0.25, 0.3) is 11.8 Å². The zero-order valence-electron chi connectivity index (χ0n) is 19.9. The summed E-state index contributed by atoms with van der Waals surface area (Å²) in [5, 5.41) is 7.11. The third-order valence-electron chi connectivity index (χ3n) is 4.74. The first-order valence-corrected chi connectivity index (χ1v) is 11.5. The zero-order valence-corrected chi connectivity index (χ0v) is 20.8. The van der Waals surface area contributed by atoms with E-state index in [-0.39, 0.29) is 11.8 Å². The molecule has 0 heterocycles. The van der Waals surface area contributed by atoms with Gasteiger partial charge in [-0.1, -0.05) is 24.3 Å². The maximum Gasteiger partial charge on any atom is 0.252 e. The van der Waals surface area contributed by atoms with Gasteiger partial charge in [-0.05, 0) is 49.2 Å². The fourth-order valence-corrected chi connectivity index (χ4v) is 3.63. The van der Waals surface area contributed by atoms with Gasteiger partial charge in [-0.15, -0.1) is 11.8 Å². The second kappa shape index (κ2) is 12.6. The molecule has 33 heavy (non-hydrogen) atoms. The zero-order chi connectivity index (χ0) is 24.4. The van der Waals surface area contributed by atoms with Crippen LogP contribution in [0.25, 0.3) is 0 Å². The molecule has 0 aliphatic carbocycles. The molecule has 0 bridgehead atoms. The molecule has 0 unspecified atom stereocenters. The number of hydrogen-bond acceptors (Lipinski definition) is 7. The fourth-order valence-electron chi connectivity index (χ4n) is 2.67. The topological polar surface area (TPSA) is 89.4 Å². The summed E-state index contributed by atoms with van der Waals surface area (Å²) in [6.45, 7) is 3.47. The highest BCUT2D eigenvalue weighted by atomic mass is 32.2. The van der Waals surface area contributed by atoms with Crippen molar-refractivity contribution < 1.29 is 9.59 Å². The number of nitrogens with one attached hydrogen (secondary N) is 2. The lowest BCUT2D eigenvalue weighted by atomic mass is 10.2. The predicted molar refractivity (Wildman–Crippen MR) is 140 cm³/mol. The number of thioether (sulfide) groups is 1. The quantitative estimate of drug-likeness (QED) is 0.413. The number of nitrogens with zero attached hydrogens (tertiary/aromatic N) is 4. The number of rotatable bonds is 10. The Hall–Kier alpha value is -3.33. The molecule has 2 atom stereocenters. The first kappa shape index (κ1) is 25.9. The van der Waals surface area contributed by atoms with Crippen molar-refractivity contribution >= 4 is 47.4 Å². The molecular formula is C24H32N6O2S.